The molecule has 0 saturated carbocycles. The number of H-pyrrole nitrogens is 1. The largest absolute Gasteiger partial charge is 0.454 e. The molecular formula is C19H16N4O5S. The smallest absolute Gasteiger partial charge is 0.321 e. The molecule has 1 atom stereocenters. The van der Waals surface area contributed by atoms with Crippen LogP contribution in [0, 0.1) is 11.3 Å². The van der Waals surface area contributed by atoms with Crippen molar-refractivity contribution in [2.45, 2.75) is 17.9 Å². The van der Waals surface area contributed by atoms with Crippen molar-refractivity contribution in [2.24, 2.45) is 0 Å². The lowest BCUT2D eigenvalue weighted by Crippen LogP contribution is -2.32. The molecule has 1 aromatic heterocycles. The van der Waals surface area contributed by atoms with E-state index in [1.165, 1.54) is 31.2 Å². The average Bonchev–Trinajstić information content (AvgIpc) is 2.72. The molecule has 148 valence electrons. The number of aromatic amines is 1. The summed E-state index contributed by atoms with van der Waals surface area (Å²) in [6.07, 6.45) is -0.907. The van der Waals surface area contributed by atoms with E-state index in [0.29, 0.717) is 10.9 Å². The molecule has 1 heterocycles. The number of carbonyl (C=O) groups excluding carboxylic acids is 1. The third-order valence-electron chi connectivity index (χ3n) is 4.03. The van der Waals surface area contributed by atoms with Crippen LogP contribution in [-0.2, 0) is 19.6 Å². The minimum absolute atomic E-state index is 0.0420. The fourth-order valence-corrected chi connectivity index (χ4v) is 3.74. The first kappa shape index (κ1) is 20.2. The summed E-state index contributed by atoms with van der Waals surface area (Å²) in [5.74, 6) is -0.731. The number of hydrogen-bond donors (Lipinski definition) is 2. The topological polar surface area (TPSA) is 142 Å². The first-order chi connectivity index (χ1) is 13.8. The minimum atomic E-state index is -4.08. The Balaban J connectivity index is 1.69. The molecule has 0 amide bonds. The number of benzene rings is 2. The van der Waals surface area contributed by atoms with Gasteiger partial charge in [0.1, 0.15) is 12.6 Å². The lowest BCUT2D eigenvalue weighted by atomic mass is 10.2. The molecule has 0 saturated heterocycles. The van der Waals surface area contributed by atoms with Crippen LogP contribution in [0.4, 0.5) is 0 Å². The van der Waals surface area contributed by atoms with Crippen molar-refractivity contribution in [3.8, 4) is 6.07 Å². The molecule has 0 aliphatic rings. The Kier molecular flexibility index (Phi) is 5.72. The van der Waals surface area contributed by atoms with Crippen LogP contribution in [0.25, 0.3) is 10.9 Å². The number of esters is 1. The number of aromatic nitrogens is 2. The van der Waals surface area contributed by atoms with Crippen molar-refractivity contribution in [3.05, 3.63) is 70.3 Å². The van der Waals surface area contributed by atoms with Gasteiger partial charge >= 0.3 is 5.97 Å². The van der Waals surface area contributed by atoms with Crippen LogP contribution in [0.1, 0.15) is 24.4 Å². The zero-order chi connectivity index (χ0) is 21.0. The predicted octanol–water partition coefficient (Wildman–Crippen LogP) is 1.38. The van der Waals surface area contributed by atoms with E-state index >= 15 is 0 Å². The maximum atomic E-state index is 12.3. The van der Waals surface area contributed by atoms with Gasteiger partial charge < -0.3 is 9.72 Å². The molecule has 2 aromatic carbocycles. The van der Waals surface area contributed by atoms with Gasteiger partial charge in [0.05, 0.1) is 21.4 Å². The standard InChI is InChI=1S/C19H16N4O5S/c1-12(18-22-15-8-4-3-7-14(15)19(25)23-18)28-17(24)11-21-29(26,27)16-9-5-2-6-13(16)10-20/h2-9,12,21H,11H2,1H3,(H,22,23,25)/t12-/m1/s1. The first-order valence-corrected chi connectivity index (χ1v) is 9.97. The van der Waals surface area contributed by atoms with E-state index in [1.807, 2.05) is 0 Å². The SMILES string of the molecule is C[C@@H](OC(=O)CNS(=O)(=O)c1ccccc1C#N)c1nc2ccccc2c(=O)[nH]1. The number of nitrogens with zero attached hydrogens (tertiary/aromatic N) is 2. The van der Waals surface area contributed by atoms with Gasteiger partial charge in [0, 0.05) is 0 Å². The lowest BCUT2D eigenvalue weighted by molar-refractivity contribution is -0.147. The molecule has 0 bridgehead atoms. The normalized spacial score (nSPS) is 12.3. The van der Waals surface area contributed by atoms with Gasteiger partial charge in [-0.2, -0.15) is 9.98 Å². The van der Waals surface area contributed by atoms with E-state index in [-0.39, 0.29) is 21.8 Å². The molecule has 10 heteroatoms. The van der Waals surface area contributed by atoms with Crippen LogP contribution in [0.5, 0.6) is 0 Å². The van der Waals surface area contributed by atoms with Crippen LogP contribution >= 0.6 is 0 Å². The second kappa shape index (κ2) is 8.22. The number of hydrogen-bond acceptors (Lipinski definition) is 7. The van der Waals surface area contributed by atoms with Crippen molar-refractivity contribution >= 4 is 26.9 Å². The zero-order valence-corrected chi connectivity index (χ0v) is 16.1. The summed E-state index contributed by atoms with van der Waals surface area (Å²) in [5.41, 5.74) is 0.0324. The van der Waals surface area contributed by atoms with Gasteiger partial charge in [-0.3, -0.25) is 9.59 Å². The number of ether oxygens (including phenoxy) is 1. The molecular weight excluding hydrogens is 396 g/mol. The van der Waals surface area contributed by atoms with Crippen molar-refractivity contribution in [2.75, 3.05) is 6.54 Å². The number of nitriles is 1. The Morgan fingerprint density at radius 2 is 1.93 bits per heavy atom. The highest BCUT2D eigenvalue weighted by atomic mass is 32.2. The quantitative estimate of drug-likeness (QED) is 0.582. The van der Waals surface area contributed by atoms with E-state index in [4.69, 9.17) is 10.00 Å². The minimum Gasteiger partial charge on any atom is -0.454 e. The number of sulfonamides is 1. The van der Waals surface area contributed by atoms with Gasteiger partial charge in [0.25, 0.3) is 5.56 Å². The molecule has 9 nitrogen and oxygen atoms in total. The molecule has 0 fully saturated rings. The Labute approximate surface area is 166 Å². The third-order valence-corrected chi connectivity index (χ3v) is 5.49. The van der Waals surface area contributed by atoms with Crippen molar-refractivity contribution < 1.29 is 17.9 Å². The lowest BCUT2D eigenvalue weighted by Gasteiger charge is -2.14. The van der Waals surface area contributed by atoms with Crippen LogP contribution in [0.3, 0.4) is 0 Å². The van der Waals surface area contributed by atoms with Gasteiger partial charge in [0.15, 0.2) is 11.9 Å². The second-order valence-corrected chi connectivity index (χ2v) is 7.77. The van der Waals surface area contributed by atoms with E-state index in [1.54, 1.807) is 30.3 Å². The van der Waals surface area contributed by atoms with Gasteiger partial charge in [-0.05, 0) is 31.2 Å². The highest BCUT2D eigenvalue weighted by Gasteiger charge is 2.21. The molecule has 3 aromatic rings. The van der Waals surface area contributed by atoms with Gasteiger partial charge in [0.2, 0.25) is 10.0 Å². The number of nitrogens with one attached hydrogen (secondary N) is 2. The van der Waals surface area contributed by atoms with E-state index in [2.05, 4.69) is 14.7 Å². The van der Waals surface area contributed by atoms with Crippen LogP contribution in [-0.4, -0.2) is 30.9 Å². The molecule has 0 radical (unpaired) electrons. The third kappa shape index (κ3) is 4.48. The first-order valence-electron chi connectivity index (χ1n) is 8.49. The summed E-state index contributed by atoms with van der Waals surface area (Å²) in [5, 5.41) is 9.43. The van der Waals surface area contributed by atoms with Crippen LogP contribution < -0.4 is 10.3 Å². The Morgan fingerprint density at radius 3 is 2.69 bits per heavy atom. The number of rotatable bonds is 6. The summed E-state index contributed by atoms with van der Waals surface area (Å²) in [4.78, 5) is 30.8. The van der Waals surface area contributed by atoms with Crippen molar-refractivity contribution in [1.82, 2.24) is 14.7 Å². The highest BCUT2D eigenvalue weighted by Crippen LogP contribution is 2.16. The Bertz CT molecular complexity index is 1280. The second-order valence-electron chi connectivity index (χ2n) is 6.03. The maximum Gasteiger partial charge on any atom is 0.321 e. The van der Waals surface area contributed by atoms with Gasteiger partial charge in [-0.25, -0.2) is 13.4 Å². The molecule has 3 rings (SSSR count). The zero-order valence-electron chi connectivity index (χ0n) is 15.2. The summed E-state index contributed by atoms with van der Waals surface area (Å²) in [7, 11) is -4.08. The summed E-state index contributed by atoms with van der Waals surface area (Å²) in [6.45, 7) is 0.856. The molecule has 0 unspecified atom stereocenters. The van der Waals surface area contributed by atoms with Gasteiger partial charge in [-0.15, -0.1) is 0 Å². The molecule has 0 spiro atoms. The molecule has 0 aliphatic carbocycles. The number of fused-ring (bicyclic) bond motifs is 1. The highest BCUT2D eigenvalue weighted by molar-refractivity contribution is 7.89. The molecule has 2 N–H and O–H groups in total. The summed E-state index contributed by atoms with van der Waals surface area (Å²) in [6, 6.07) is 14.1. The Morgan fingerprint density at radius 1 is 1.24 bits per heavy atom. The van der Waals surface area contributed by atoms with Gasteiger partial charge in [-0.1, -0.05) is 24.3 Å². The summed E-state index contributed by atoms with van der Waals surface area (Å²) >= 11 is 0. The van der Waals surface area contributed by atoms with E-state index < -0.39 is 28.6 Å². The Hall–Kier alpha value is -3.55. The van der Waals surface area contributed by atoms with Crippen LogP contribution in [0.2, 0.25) is 0 Å². The monoisotopic (exact) mass is 412 g/mol. The number of para-hydroxylation sites is 1. The number of carbonyl (C=O) groups is 1. The maximum absolute atomic E-state index is 12.3. The van der Waals surface area contributed by atoms with Crippen LogP contribution in [0.15, 0.2) is 58.2 Å². The van der Waals surface area contributed by atoms with Crippen molar-refractivity contribution in [3.63, 3.8) is 0 Å². The fraction of sp³-hybridized carbons (Fsp3) is 0.158. The summed E-state index contributed by atoms with van der Waals surface area (Å²) < 4.78 is 31.9. The van der Waals surface area contributed by atoms with E-state index in [9.17, 15) is 18.0 Å². The predicted molar refractivity (Wildman–Crippen MR) is 103 cm³/mol. The fourth-order valence-electron chi connectivity index (χ4n) is 2.62. The average molecular weight is 412 g/mol. The molecule has 0 aliphatic heterocycles. The van der Waals surface area contributed by atoms with Crippen molar-refractivity contribution in [1.29, 1.82) is 5.26 Å². The van der Waals surface area contributed by atoms with E-state index in [0.717, 1.165) is 0 Å². The molecule has 29 heavy (non-hydrogen) atoms.